The van der Waals surface area contributed by atoms with Crippen LogP contribution in [0.5, 0.6) is 0 Å². The van der Waals surface area contributed by atoms with Crippen molar-refractivity contribution in [1.82, 2.24) is 15.1 Å². The molecule has 2 saturated heterocycles. The van der Waals surface area contributed by atoms with Gasteiger partial charge in [-0.15, -0.1) is 0 Å². The number of nitrogens with one attached hydrogen (secondary N) is 1. The zero-order valence-electron chi connectivity index (χ0n) is 12.7. The molecule has 2 rings (SSSR count). The Labute approximate surface area is 121 Å². The van der Waals surface area contributed by atoms with Crippen molar-refractivity contribution in [3.05, 3.63) is 0 Å². The third kappa shape index (κ3) is 4.28. The Balaban J connectivity index is 1.77. The summed E-state index contributed by atoms with van der Waals surface area (Å²) in [4.78, 5) is 27.4. The normalized spacial score (nSPS) is 24.6. The van der Waals surface area contributed by atoms with Crippen molar-refractivity contribution in [2.45, 2.75) is 45.6 Å². The number of amides is 2. The van der Waals surface area contributed by atoms with E-state index >= 15 is 0 Å². The third-order valence-corrected chi connectivity index (χ3v) is 4.15. The molecule has 5 nitrogen and oxygen atoms in total. The summed E-state index contributed by atoms with van der Waals surface area (Å²) in [6.07, 6.45) is 3.73. The molecule has 1 N–H and O–H groups in total. The van der Waals surface area contributed by atoms with Crippen molar-refractivity contribution in [1.29, 1.82) is 0 Å². The van der Waals surface area contributed by atoms with Crippen LogP contribution in [0.25, 0.3) is 0 Å². The van der Waals surface area contributed by atoms with Gasteiger partial charge in [0.25, 0.3) is 0 Å². The molecule has 5 heteroatoms. The summed E-state index contributed by atoms with van der Waals surface area (Å²) in [6.45, 7) is 8.30. The van der Waals surface area contributed by atoms with E-state index in [4.69, 9.17) is 0 Å². The quantitative estimate of drug-likeness (QED) is 0.811. The topological polar surface area (TPSA) is 52.7 Å². The Morgan fingerprint density at radius 2 is 2.15 bits per heavy atom. The molecule has 1 unspecified atom stereocenters. The molecule has 1 atom stereocenters. The molecular weight excluding hydrogens is 254 g/mol. The maximum absolute atomic E-state index is 12.1. The Hall–Kier alpha value is -0.940. The molecule has 0 bridgehead atoms. The number of hydrogen-bond donors (Lipinski definition) is 1. The number of imide groups is 1. The zero-order chi connectivity index (χ0) is 14.5. The maximum atomic E-state index is 12.1. The molecule has 0 saturated carbocycles. The molecule has 0 radical (unpaired) electrons. The second kappa shape index (κ2) is 7.18. The zero-order valence-corrected chi connectivity index (χ0v) is 12.7. The lowest BCUT2D eigenvalue weighted by atomic mass is 9.97. The second-order valence-electron chi connectivity index (χ2n) is 6.35. The fourth-order valence-electron chi connectivity index (χ4n) is 3.05. The van der Waals surface area contributed by atoms with Crippen LogP contribution in [0.15, 0.2) is 0 Å². The Morgan fingerprint density at radius 1 is 1.35 bits per heavy atom. The van der Waals surface area contributed by atoms with Crippen LogP contribution in [0.4, 0.5) is 0 Å². The molecule has 0 aliphatic carbocycles. The molecule has 2 aliphatic rings. The highest BCUT2D eigenvalue weighted by Gasteiger charge is 2.29. The SMILES string of the molecule is CC(C)NCC1CCCN(CC(=O)N2CCCC2=O)C1. The van der Waals surface area contributed by atoms with Gasteiger partial charge < -0.3 is 5.32 Å². The Morgan fingerprint density at radius 3 is 2.80 bits per heavy atom. The molecule has 0 aromatic heterocycles. The highest BCUT2D eigenvalue weighted by Crippen LogP contribution is 2.17. The third-order valence-electron chi connectivity index (χ3n) is 4.15. The first-order valence-corrected chi connectivity index (χ1v) is 7.85. The van der Waals surface area contributed by atoms with Gasteiger partial charge in [-0.1, -0.05) is 13.8 Å². The van der Waals surface area contributed by atoms with Gasteiger partial charge in [-0.3, -0.25) is 19.4 Å². The van der Waals surface area contributed by atoms with Crippen LogP contribution in [-0.4, -0.2) is 60.4 Å². The van der Waals surface area contributed by atoms with E-state index < -0.39 is 0 Å². The summed E-state index contributed by atoms with van der Waals surface area (Å²) < 4.78 is 0. The summed E-state index contributed by atoms with van der Waals surface area (Å²) >= 11 is 0. The summed E-state index contributed by atoms with van der Waals surface area (Å²) in [5, 5.41) is 3.48. The van der Waals surface area contributed by atoms with Crippen molar-refractivity contribution in [3.8, 4) is 0 Å². The molecule has 2 heterocycles. The van der Waals surface area contributed by atoms with Gasteiger partial charge in [0.05, 0.1) is 6.54 Å². The lowest BCUT2D eigenvalue weighted by molar-refractivity contribution is -0.142. The van der Waals surface area contributed by atoms with Gasteiger partial charge in [-0.25, -0.2) is 0 Å². The van der Waals surface area contributed by atoms with Crippen molar-refractivity contribution in [2.24, 2.45) is 5.92 Å². The van der Waals surface area contributed by atoms with Gasteiger partial charge in [0, 0.05) is 25.6 Å². The second-order valence-corrected chi connectivity index (χ2v) is 6.35. The van der Waals surface area contributed by atoms with Crippen molar-refractivity contribution in [3.63, 3.8) is 0 Å². The number of rotatable bonds is 5. The van der Waals surface area contributed by atoms with Crippen LogP contribution in [0, 0.1) is 5.92 Å². The molecular formula is C15H27N3O2. The minimum atomic E-state index is -0.00929. The smallest absolute Gasteiger partial charge is 0.243 e. The number of piperidine rings is 1. The number of hydrogen-bond acceptors (Lipinski definition) is 4. The van der Waals surface area contributed by atoms with Crippen LogP contribution >= 0.6 is 0 Å². The Kier molecular flexibility index (Phi) is 5.54. The Bertz CT molecular complexity index is 357. The van der Waals surface area contributed by atoms with Crippen LogP contribution in [0.2, 0.25) is 0 Å². The number of nitrogens with zero attached hydrogens (tertiary/aromatic N) is 2. The lowest BCUT2D eigenvalue weighted by Gasteiger charge is -2.33. The van der Waals surface area contributed by atoms with Crippen LogP contribution < -0.4 is 5.32 Å². The van der Waals surface area contributed by atoms with Crippen LogP contribution in [0.1, 0.15) is 39.5 Å². The average Bonchev–Trinajstić information content (AvgIpc) is 2.83. The molecule has 2 fully saturated rings. The summed E-state index contributed by atoms with van der Waals surface area (Å²) in [5.41, 5.74) is 0. The first kappa shape index (κ1) is 15.4. The minimum Gasteiger partial charge on any atom is -0.314 e. The molecule has 2 aliphatic heterocycles. The highest BCUT2D eigenvalue weighted by atomic mass is 16.2. The van der Waals surface area contributed by atoms with E-state index in [-0.39, 0.29) is 11.8 Å². The van der Waals surface area contributed by atoms with Gasteiger partial charge in [0.15, 0.2) is 0 Å². The molecule has 114 valence electrons. The number of carbonyl (C=O) groups is 2. The summed E-state index contributed by atoms with van der Waals surface area (Å²) in [7, 11) is 0. The van der Waals surface area contributed by atoms with E-state index in [1.54, 1.807) is 0 Å². The highest BCUT2D eigenvalue weighted by molar-refractivity contribution is 5.97. The summed E-state index contributed by atoms with van der Waals surface area (Å²) in [5.74, 6) is 0.614. The summed E-state index contributed by atoms with van der Waals surface area (Å²) in [6, 6.07) is 0.509. The molecule has 0 aromatic carbocycles. The first-order valence-electron chi connectivity index (χ1n) is 7.85. The van der Waals surface area contributed by atoms with Gasteiger partial charge in [0.2, 0.25) is 11.8 Å². The van der Waals surface area contributed by atoms with E-state index in [2.05, 4.69) is 24.1 Å². The van der Waals surface area contributed by atoms with E-state index in [1.807, 2.05) is 0 Å². The fourth-order valence-corrected chi connectivity index (χ4v) is 3.05. The largest absolute Gasteiger partial charge is 0.314 e. The van der Waals surface area contributed by atoms with Crippen molar-refractivity contribution in [2.75, 3.05) is 32.7 Å². The van der Waals surface area contributed by atoms with E-state index in [0.29, 0.717) is 31.5 Å². The maximum Gasteiger partial charge on any atom is 0.243 e. The van der Waals surface area contributed by atoms with E-state index in [0.717, 1.165) is 32.5 Å². The van der Waals surface area contributed by atoms with Crippen molar-refractivity contribution >= 4 is 11.8 Å². The molecule has 0 aromatic rings. The minimum absolute atomic E-state index is 0.00466. The lowest BCUT2D eigenvalue weighted by Crippen LogP contribution is -2.46. The monoisotopic (exact) mass is 281 g/mol. The predicted octanol–water partition coefficient (Wildman–Crippen LogP) is 0.845. The fraction of sp³-hybridized carbons (Fsp3) is 0.867. The van der Waals surface area contributed by atoms with Gasteiger partial charge in [-0.05, 0) is 38.3 Å². The number of likely N-dealkylation sites (tertiary alicyclic amines) is 2. The first-order chi connectivity index (χ1) is 9.56. The molecule has 2 amide bonds. The van der Waals surface area contributed by atoms with Crippen LogP contribution in [-0.2, 0) is 9.59 Å². The van der Waals surface area contributed by atoms with Gasteiger partial charge >= 0.3 is 0 Å². The van der Waals surface area contributed by atoms with Gasteiger partial charge in [0.1, 0.15) is 0 Å². The molecule has 0 spiro atoms. The number of carbonyl (C=O) groups excluding carboxylic acids is 2. The van der Waals surface area contributed by atoms with E-state index in [1.165, 1.54) is 11.3 Å². The standard InChI is InChI=1S/C15H27N3O2/c1-12(2)16-9-13-5-3-7-17(10-13)11-15(20)18-8-4-6-14(18)19/h12-13,16H,3-11H2,1-2H3. The van der Waals surface area contributed by atoms with Crippen molar-refractivity contribution < 1.29 is 9.59 Å². The average molecular weight is 281 g/mol. The van der Waals surface area contributed by atoms with Crippen LogP contribution in [0.3, 0.4) is 0 Å². The van der Waals surface area contributed by atoms with Gasteiger partial charge in [-0.2, -0.15) is 0 Å². The van der Waals surface area contributed by atoms with E-state index in [9.17, 15) is 9.59 Å². The predicted molar refractivity (Wildman–Crippen MR) is 78.3 cm³/mol. The molecule has 20 heavy (non-hydrogen) atoms.